The van der Waals surface area contributed by atoms with E-state index in [1.165, 1.54) is 13.2 Å². The van der Waals surface area contributed by atoms with E-state index in [0.29, 0.717) is 15.6 Å². The van der Waals surface area contributed by atoms with E-state index < -0.39 is 36.7 Å². The monoisotopic (exact) mass is 468 g/mol. The molecule has 2 amide bonds. The number of rotatable bonds is 9. The molecule has 0 aliphatic rings. The van der Waals surface area contributed by atoms with Crippen molar-refractivity contribution in [2.24, 2.45) is 0 Å². The lowest BCUT2D eigenvalue weighted by atomic mass is 10.1. The second kappa shape index (κ2) is 12.1. The number of ether oxygens (including phenoxy) is 2. The van der Waals surface area contributed by atoms with E-state index in [2.05, 4.69) is 10.6 Å². The van der Waals surface area contributed by atoms with E-state index >= 15 is 0 Å². The maximum absolute atomic E-state index is 12.5. The molecule has 2 rings (SSSR count). The topological polar surface area (TPSA) is 114 Å². The van der Waals surface area contributed by atoms with E-state index in [1.807, 2.05) is 6.07 Å². The van der Waals surface area contributed by atoms with Gasteiger partial charge < -0.3 is 25.2 Å². The number of hydrogen-bond donors (Lipinski definition) is 3. The largest absolute Gasteiger partial charge is 0.467 e. The summed E-state index contributed by atoms with van der Waals surface area (Å²) in [5, 5.41) is 15.0. The van der Waals surface area contributed by atoms with Crippen LogP contribution in [0.15, 0.2) is 48.5 Å². The highest BCUT2D eigenvalue weighted by Crippen LogP contribution is 2.22. The molecular formula is C21H22Cl2N2O6. The summed E-state index contributed by atoms with van der Waals surface area (Å²) < 4.78 is 9.78. The molecule has 2 aromatic rings. The van der Waals surface area contributed by atoms with E-state index in [-0.39, 0.29) is 13.0 Å². The molecule has 0 aliphatic carbocycles. The van der Waals surface area contributed by atoms with Crippen molar-refractivity contribution in [3.63, 3.8) is 0 Å². The minimum atomic E-state index is -1.34. The normalized spacial score (nSPS) is 12.4. The first kappa shape index (κ1) is 24.5. The Morgan fingerprint density at radius 2 is 1.74 bits per heavy atom. The van der Waals surface area contributed by atoms with Crippen LogP contribution in [0, 0.1) is 0 Å². The predicted octanol–water partition coefficient (Wildman–Crippen LogP) is 2.48. The van der Waals surface area contributed by atoms with Gasteiger partial charge in [0.05, 0.1) is 13.7 Å². The van der Waals surface area contributed by atoms with Crippen LogP contribution in [0.5, 0.6) is 0 Å². The third-order valence-corrected chi connectivity index (χ3v) is 4.83. The van der Waals surface area contributed by atoms with Gasteiger partial charge in [-0.1, -0.05) is 59.6 Å². The number of nitrogens with one attached hydrogen (secondary N) is 2. The van der Waals surface area contributed by atoms with Gasteiger partial charge in [0.25, 0.3) is 0 Å². The van der Waals surface area contributed by atoms with Gasteiger partial charge >= 0.3 is 12.1 Å². The fourth-order valence-electron chi connectivity index (χ4n) is 2.62. The number of hydrogen-bond acceptors (Lipinski definition) is 6. The van der Waals surface area contributed by atoms with Gasteiger partial charge in [0, 0.05) is 16.5 Å². The van der Waals surface area contributed by atoms with Crippen molar-refractivity contribution in [2.75, 3.05) is 13.7 Å². The Kier molecular flexibility index (Phi) is 9.58. The third-order valence-electron chi connectivity index (χ3n) is 4.25. The molecule has 0 unspecified atom stereocenters. The number of alkyl carbamates (subject to hydrolysis) is 1. The maximum Gasteiger partial charge on any atom is 0.408 e. The minimum Gasteiger partial charge on any atom is -0.467 e. The lowest BCUT2D eigenvalue weighted by Gasteiger charge is -2.21. The first-order chi connectivity index (χ1) is 14.8. The van der Waals surface area contributed by atoms with Crippen LogP contribution in [-0.2, 0) is 32.1 Å². The number of methoxy groups -OCH3 is 1. The molecule has 166 valence electrons. The number of benzene rings is 2. The Hall–Kier alpha value is -2.81. The molecule has 10 heteroatoms. The molecule has 0 bridgehead atoms. The van der Waals surface area contributed by atoms with Crippen LogP contribution >= 0.6 is 23.2 Å². The zero-order valence-electron chi connectivity index (χ0n) is 16.6. The molecule has 0 heterocycles. The van der Waals surface area contributed by atoms with E-state index in [1.54, 1.807) is 36.4 Å². The molecule has 0 saturated carbocycles. The Morgan fingerprint density at radius 1 is 1.03 bits per heavy atom. The van der Waals surface area contributed by atoms with E-state index in [9.17, 15) is 19.5 Å². The molecule has 0 aliphatic heterocycles. The molecule has 31 heavy (non-hydrogen) atoms. The maximum atomic E-state index is 12.5. The Bertz CT molecular complexity index is 910. The number of aliphatic hydroxyl groups excluding tert-OH is 1. The second-order valence-corrected chi connectivity index (χ2v) is 7.31. The Morgan fingerprint density at radius 3 is 2.35 bits per heavy atom. The summed E-state index contributed by atoms with van der Waals surface area (Å²) in [4.78, 5) is 36.7. The van der Waals surface area contributed by atoms with Gasteiger partial charge in [0.2, 0.25) is 5.91 Å². The first-order valence-corrected chi connectivity index (χ1v) is 9.99. The van der Waals surface area contributed by atoms with Gasteiger partial charge in [0.1, 0.15) is 18.7 Å². The molecule has 0 aromatic heterocycles. The van der Waals surface area contributed by atoms with Gasteiger partial charge in [-0.15, -0.1) is 0 Å². The summed E-state index contributed by atoms with van der Waals surface area (Å²) in [6, 6.07) is 11.2. The summed E-state index contributed by atoms with van der Waals surface area (Å²) in [6.45, 7) is -0.714. The standard InChI is InChI=1S/C21H22Cl2N2O6/c1-30-20(28)17(9-14-7-8-15(22)10-16(14)23)24-19(27)18(11-26)25-21(29)31-12-13-5-3-2-4-6-13/h2-8,10,17-18,26H,9,11-12H2,1H3,(H,24,27)(H,25,29)/t17-,18+/m1/s1. The van der Waals surface area contributed by atoms with Crippen LogP contribution in [0.3, 0.4) is 0 Å². The Labute approximate surface area is 189 Å². The predicted molar refractivity (Wildman–Crippen MR) is 115 cm³/mol. The highest BCUT2D eigenvalue weighted by Gasteiger charge is 2.28. The van der Waals surface area contributed by atoms with Gasteiger partial charge in [-0.2, -0.15) is 0 Å². The summed E-state index contributed by atoms with van der Waals surface area (Å²) in [7, 11) is 1.17. The van der Waals surface area contributed by atoms with Crippen molar-refractivity contribution in [1.82, 2.24) is 10.6 Å². The van der Waals surface area contributed by atoms with Gasteiger partial charge in [-0.05, 0) is 23.3 Å². The molecule has 0 saturated heterocycles. The fraction of sp³-hybridized carbons (Fsp3) is 0.286. The fourth-order valence-corrected chi connectivity index (χ4v) is 3.10. The van der Waals surface area contributed by atoms with Crippen molar-refractivity contribution >= 4 is 41.2 Å². The van der Waals surface area contributed by atoms with Gasteiger partial charge in [-0.25, -0.2) is 9.59 Å². The van der Waals surface area contributed by atoms with E-state index in [4.69, 9.17) is 32.7 Å². The van der Waals surface area contributed by atoms with Crippen molar-refractivity contribution in [1.29, 1.82) is 0 Å². The van der Waals surface area contributed by atoms with Gasteiger partial charge in [0.15, 0.2) is 0 Å². The molecule has 0 spiro atoms. The minimum absolute atomic E-state index is 0.00765. The van der Waals surface area contributed by atoms with Crippen LogP contribution < -0.4 is 10.6 Å². The van der Waals surface area contributed by atoms with Crippen molar-refractivity contribution in [2.45, 2.75) is 25.1 Å². The van der Waals surface area contributed by atoms with Crippen molar-refractivity contribution in [3.8, 4) is 0 Å². The van der Waals surface area contributed by atoms with Gasteiger partial charge in [-0.3, -0.25) is 4.79 Å². The molecule has 0 fully saturated rings. The smallest absolute Gasteiger partial charge is 0.408 e. The highest BCUT2D eigenvalue weighted by molar-refractivity contribution is 6.35. The van der Waals surface area contributed by atoms with Crippen molar-refractivity contribution < 1.29 is 29.0 Å². The summed E-state index contributed by atoms with van der Waals surface area (Å²) >= 11 is 12.0. The molecule has 2 aromatic carbocycles. The summed E-state index contributed by atoms with van der Waals surface area (Å²) in [5.41, 5.74) is 1.31. The van der Waals surface area contributed by atoms with E-state index in [0.717, 1.165) is 5.56 Å². The third kappa shape index (κ3) is 7.75. The lowest BCUT2D eigenvalue weighted by molar-refractivity contribution is -0.145. The number of esters is 1. The average Bonchev–Trinajstić information content (AvgIpc) is 2.77. The van der Waals surface area contributed by atoms with Crippen LogP contribution in [-0.4, -0.2) is 48.9 Å². The second-order valence-electron chi connectivity index (χ2n) is 6.47. The van der Waals surface area contributed by atoms with Crippen molar-refractivity contribution in [3.05, 3.63) is 69.7 Å². The summed E-state index contributed by atoms with van der Waals surface area (Å²) in [5.74, 6) is -1.51. The lowest BCUT2D eigenvalue weighted by Crippen LogP contribution is -2.54. The number of halogens is 2. The molecule has 0 radical (unpaired) electrons. The quantitative estimate of drug-likeness (QED) is 0.487. The zero-order chi connectivity index (χ0) is 22.8. The Balaban J connectivity index is 1.99. The SMILES string of the molecule is COC(=O)[C@@H](Cc1ccc(Cl)cc1Cl)NC(=O)[C@H](CO)NC(=O)OCc1ccccc1. The molecule has 8 nitrogen and oxygen atoms in total. The number of carbonyl (C=O) groups is 3. The molecule has 3 N–H and O–H groups in total. The zero-order valence-corrected chi connectivity index (χ0v) is 18.2. The molecule has 2 atom stereocenters. The van der Waals surface area contributed by atoms with Crippen LogP contribution in [0.1, 0.15) is 11.1 Å². The number of amides is 2. The average molecular weight is 469 g/mol. The molecular weight excluding hydrogens is 447 g/mol. The summed E-state index contributed by atoms with van der Waals surface area (Å²) in [6.07, 6.45) is -0.876. The first-order valence-electron chi connectivity index (χ1n) is 9.24. The number of carbonyl (C=O) groups excluding carboxylic acids is 3. The highest BCUT2D eigenvalue weighted by atomic mass is 35.5. The van der Waals surface area contributed by atoms with Crippen LogP contribution in [0.2, 0.25) is 10.0 Å². The number of aliphatic hydroxyl groups is 1. The van der Waals surface area contributed by atoms with Crippen LogP contribution in [0.25, 0.3) is 0 Å². The van der Waals surface area contributed by atoms with Crippen LogP contribution in [0.4, 0.5) is 4.79 Å².